The van der Waals surface area contributed by atoms with Crippen LogP contribution in [0.15, 0.2) is 102 Å². The fourth-order valence-electron chi connectivity index (χ4n) is 4.94. The molecule has 36 heavy (non-hydrogen) atoms. The van der Waals surface area contributed by atoms with Crippen LogP contribution in [0.3, 0.4) is 0 Å². The van der Waals surface area contributed by atoms with Crippen molar-refractivity contribution in [2.75, 3.05) is 33.9 Å². The van der Waals surface area contributed by atoms with Gasteiger partial charge in [0.2, 0.25) is 0 Å². The summed E-state index contributed by atoms with van der Waals surface area (Å²) in [4.78, 5) is 11.7. The van der Waals surface area contributed by atoms with Crippen LogP contribution in [-0.2, 0) is 0 Å². The van der Waals surface area contributed by atoms with Gasteiger partial charge in [-0.05, 0) is 70.5 Å². The lowest BCUT2D eigenvalue weighted by molar-refractivity contribution is 0.168. The van der Waals surface area contributed by atoms with E-state index in [0.717, 1.165) is 66.7 Å². The fraction of sp³-hybridized carbons (Fsp3) is 0.452. The molecule has 2 aliphatic rings. The number of aliphatic imine (C=N–C) groups is 1. The topological polar surface area (TPSA) is 34.1 Å². The molecule has 2 rings (SSSR count). The smallest absolute Gasteiger partial charge is 0.0705 e. The van der Waals surface area contributed by atoms with Crippen LogP contribution in [-0.4, -0.2) is 60.3 Å². The summed E-state index contributed by atoms with van der Waals surface area (Å²) in [6.45, 7) is 26.0. The van der Waals surface area contributed by atoms with Crippen LogP contribution >= 0.6 is 0 Å². The highest BCUT2D eigenvalue weighted by Crippen LogP contribution is 2.40. The molecule has 0 unspecified atom stereocenters. The average molecular weight is 490 g/mol. The summed E-state index contributed by atoms with van der Waals surface area (Å²) in [5.74, 6) is 0. The van der Waals surface area contributed by atoms with E-state index in [9.17, 15) is 0 Å². The molecule has 0 aromatic carbocycles. The molecule has 0 bridgehead atoms. The maximum atomic E-state index is 4.74. The van der Waals surface area contributed by atoms with Crippen molar-refractivity contribution >= 4 is 6.21 Å². The van der Waals surface area contributed by atoms with Crippen molar-refractivity contribution in [2.24, 2.45) is 4.99 Å². The van der Waals surface area contributed by atoms with E-state index in [1.165, 1.54) is 19.3 Å². The maximum Gasteiger partial charge on any atom is 0.0705 e. The lowest BCUT2D eigenvalue weighted by atomic mass is 9.79. The summed E-state index contributed by atoms with van der Waals surface area (Å²) in [6, 6.07) is 0. The summed E-state index contributed by atoms with van der Waals surface area (Å²) in [7, 11) is 4.04. The van der Waals surface area contributed by atoms with Crippen molar-refractivity contribution < 1.29 is 0 Å². The van der Waals surface area contributed by atoms with E-state index in [2.05, 4.69) is 84.6 Å². The van der Waals surface area contributed by atoms with E-state index in [1.807, 2.05) is 39.3 Å². The normalized spacial score (nSPS) is 20.0. The van der Waals surface area contributed by atoms with Crippen LogP contribution < -0.4 is 5.32 Å². The summed E-state index contributed by atoms with van der Waals surface area (Å²) >= 11 is 0. The number of rotatable bonds is 12. The summed E-state index contributed by atoms with van der Waals surface area (Å²) < 4.78 is 0. The Morgan fingerprint density at radius 3 is 2.25 bits per heavy atom. The standard InChI is InChI=1S/C31H47N5/c1-10-28(23-33-26(6)16-17-29(11-2)35-21-20-34(9)24-35)22-30(27(7)32-8)36(25(4)5)31(12-3)18-14-13-15-19-31/h10-12,16-17,22-23,32H,2-4,7,13-15,18-21,24H2,1,5-6,8-9H3/b26-16+,28-10-,29-17+,30-22-,33-23-. The minimum Gasteiger partial charge on any atom is -0.387 e. The molecule has 0 spiro atoms. The van der Waals surface area contributed by atoms with Crippen LogP contribution in [0.25, 0.3) is 0 Å². The Morgan fingerprint density at radius 2 is 1.75 bits per heavy atom. The number of nitrogens with zero attached hydrogens (tertiary/aromatic N) is 4. The van der Waals surface area contributed by atoms with Gasteiger partial charge in [0, 0.05) is 43.4 Å². The first-order valence-corrected chi connectivity index (χ1v) is 13.0. The molecule has 2 fully saturated rings. The molecule has 196 valence electrons. The molecule has 0 aromatic heterocycles. The van der Waals surface area contributed by atoms with E-state index in [-0.39, 0.29) is 5.54 Å². The molecule has 1 heterocycles. The second kappa shape index (κ2) is 13.9. The Labute approximate surface area is 220 Å². The first-order valence-electron chi connectivity index (χ1n) is 13.0. The molecule has 1 saturated heterocycles. The summed E-state index contributed by atoms with van der Waals surface area (Å²) in [5.41, 5.74) is 5.72. The molecule has 1 aliphatic heterocycles. The Hall–Kier alpha value is -3.05. The summed E-state index contributed by atoms with van der Waals surface area (Å²) in [6.07, 6.45) is 20.0. The van der Waals surface area contributed by atoms with E-state index < -0.39 is 0 Å². The van der Waals surface area contributed by atoms with Crippen LogP contribution in [0.5, 0.6) is 0 Å². The van der Waals surface area contributed by atoms with Gasteiger partial charge in [-0.3, -0.25) is 9.89 Å². The Bertz CT molecular complexity index is 969. The predicted molar refractivity (Wildman–Crippen MR) is 157 cm³/mol. The number of allylic oxidation sites excluding steroid dienone is 8. The van der Waals surface area contributed by atoms with Gasteiger partial charge in [-0.25, -0.2) is 0 Å². The third-order valence-corrected chi connectivity index (χ3v) is 7.07. The Morgan fingerprint density at radius 1 is 1.06 bits per heavy atom. The molecule has 0 aromatic rings. The van der Waals surface area contributed by atoms with Gasteiger partial charge in [0.1, 0.15) is 0 Å². The van der Waals surface area contributed by atoms with Gasteiger partial charge in [-0.1, -0.05) is 51.2 Å². The first-order chi connectivity index (χ1) is 17.2. The van der Waals surface area contributed by atoms with Gasteiger partial charge in [-0.2, -0.15) is 0 Å². The van der Waals surface area contributed by atoms with Gasteiger partial charge in [0.25, 0.3) is 0 Å². The molecule has 1 N–H and O–H groups in total. The van der Waals surface area contributed by atoms with Crippen LogP contribution in [0.4, 0.5) is 0 Å². The molecule has 0 radical (unpaired) electrons. The lowest BCUT2D eigenvalue weighted by Crippen LogP contribution is -2.47. The molecule has 1 saturated carbocycles. The monoisotopic (exact) mass is 489 g/mol. The highest BCUT2D eigenvalue weighted by Gasteiger charge is 2.37. The highest BCUT2D eigenvalue weighted by atomic mass is 15.4. The van der Waals surface area contributed by atoms with Gasteiger partial charge < -0.3 is 15.1 Å². The van der Waals surface area contributed by atoms with Gasteiger partial charge in [0.05, 0.1) is 23.6 Å². The number of nitrogens with one attached hydrogen (secondary N) is 1. The van der Waals surface area contributed by atoms with Crippen molar-refractivity contribution in [3.8, 4) is 0 Å². The second-order valence-corrected chi connectivity index (χ2v) is 9.83. The van der Waals surface area contributed by atoms with E-state index in [1.54, 1.807) is 0 Å². The van der Waals surface area contributed by atoms with Crippen molar-refractivity contribution in [1.82, 2.24) is 20.0 Å². The van der Waals surface area contributed by atoms with Crippen LogP contribution in [0.2, 0.25) is 0 Å². The van der Waals surface area contributed by atoms with Gasteiger partial charge >= 0.3 is 0 Å². The zero-order chi connectivity index (χ0) is 26.7. The molecular formula is C31H47N5. The van der Waals surface area contributed by atoms with E-state index in [0.29, 0.717) is 0 Å². The summed E-state index contributed by atoms with van der Waals surface area (Å²) in [5, 5.41) is 3.26. The molecule has 5 nitrogen and oxygen atoms in total. The minimum absolute atomic E-state index is 0.156. The quantitative estimate of drug-likeness (QED) is 0.192. The zero-order valence-corrected chi connectivity index (χ0v) is 23.3. The van der Waals surface area contributed by atoms with Crippen LogP contribution in [0.1, 0.15) is 52.9 Å². The maximum absolute atomic E-state index is 4.74. The second-order valence-electron chi connectivity index (χ2n) is 9.83. The molecule has 1 aliphatic carbocycles. The van der Waals surface area contributed by atoms with Gasteiger partial charge in [-0.15, -0.1) is 6.58 Å². The number of likely N-dealkylation sites (N-methyl/N-ethyl adjacent to an activating group) is 2. The third-order valence-electron chi connectivity index (χ3n) is 7.07. The molecule has 0 amide bonds. The molecular weight excluding hydrogens is 442 g/mol. The molecule has 5 heteroatoms. The van der Waals surface area contributed by atoms with Crippen molar-refractivity contribution in [3.05, 3.63) is 96.8 Å². The largest absolute Gasteiger partial charge is 0.387 e. The number of hydrogen-bond acceptors (Lipinski definition) is 5. The zero-order valence-electron chi connectivity index (χ0n) is 23.3. The van der Waals surface area contributed by atoms with Crippen molar-refractivity contribution in [1.29, 1.82) is 0 Å². The number of hydrogen-bond donors (Lipinski definition) is 1. The van der Waals surface area contributed by atoms with E-state index in [4.69, 9.17) is 4.99 Å². The van der Waals surface area contributed by atoms with Crippen molar-refractivity contribution in [3.63, 3.8) is 0 Å². The Kier molecular flexibility index (Phi) is 11.3. The highest BCUT2D eigenvalue weighted by molar-refractivity contribution is 5.83. The van der Waals surface area contributed by atoms with Crippen molar-refractivity contribution in [2.45, 2.75) is 58.4 Å². The Balaban J connectivity index is 2.35. The minimum atomic E-state index is -0.156. The lowest BCUT2D eigenvalue weighted by Gasteiger charge is -2.47. The SMILES string of the molecule is C=C\C(=C/C=C(C)/N=C\C(=C/C)\C=C(\C(=C)NC)N(C(=C)C)C1(C=C)CCCCC1)N1CCN(C)C1. The van der Waals surface area contributed by atoms with Crippen LogP contribution in [0, 0.1) is 0 Å². The van der Waals surface area contributed by atoms with E-state index >= 15 is 0 Å². The van der Waals surface area contributed by atoms with Gasteiger partial charge in [0.15, 0.2) is 0 Å². The predicted octanol–water partition coefficient (Wildman–Crippen LogP) is 6.52. The first kappa shape index (κ1) is 29.2. The average Bonchev–Trinajstić information content (AvgIpc) is 3.31. The third kappa shape index (κ3) is 7.47. The molecule has 0 atom stereocenters. The fourth-order valence-corrected chi connectivity index (χ4v) is 4.94.